The molecule has 2 aromatic carbocycles. The van der Waals surface area contributed by atoms with Crippen molar-refractivity contribution in [3.8, 4) is 5.75 Å². The van der Waals surface area contributed by atoms with Crippen LogP contribution in [0.25, 0.3) is 0 Å². The lowest BCUT2D eigenvalue weighted by molar-refractivity contribution is -0.113. The summed E-state index contributed by atoms with van der Waals surface area (Å²) in [4.78, 5) is 12.4. The molecule has 0 saturated carbocycles. The van der Waals surface area contributed by atoms with Gasteiger partial charge in [0.25, 0.3) is 0 Å². The fourth-order valence-corrected chi connectivity index (χ4v) is 4.32. The highest BCUT2D eigenvalue weighted by molar-refractivity contribution is 14.1. The number of hydrogen-bond acceptors (Lipinski definition) is 5. The number of benzene rings is 2. The van der Waals surface area contributed by atoms with Gasteiger partial charge in [-0.2, -0.15) is 0 Å². The Balaban J connectivity index is 1.58. The van der Waals surface area contributed by atoms with Crippen molar-refractivity contribution in [3.63, 3.8) is 0 Å². The van der Waals surface area contributed by atoms with E-state index in [9.17, 15) is 4.79 Å². The fourth-order valence-electron chi connectivity index (χ4n) is 2.95. The minimum Gasteiger partial charge on any atom is -0.483 e. The second kappa shape index (κ2) is 10.3. The van der Waals surface area contributed by atoms with Gasteiger partial charge in [0.2, 0.25) is 5.91 Å². The molecular weight excluding hydrogens is 511 g/mol. The van der Waals surface area contributed by atoms with Crippen molar-refractivity contribution < 1.29 is 9.53 Å². The second-order valence-corrected chi connectivity index (χ2v) is 9.14. The maximum absolute atomic E-state index is 12.4. The zero-order valence-corrected chi connectivity index (χ0v) is 20.5. The number of carbonyl (C=O) groups excluding carboxylic acids is 1. The number of aromatic nitrogens is 3. The molecular formula is C22H25IN4O2S. The number of hydrogen-bond donors (Lipinski definition) is 1. The number of anilines is 1. The van der Waals surface area contributed by atoms with Crippen LogP contribution in [-0.2, 0) is 18.3 Å². The number of carbonyl (C=O) groups is 1. The van der Waals surface area contributed by atoms with Gasteiger partial charge in [0.05, 0.1) is 5.75 Å². The number of aryl methyl sites for hydroxylation is 2. The first-order valence-corrected chi connectivity index (χ1v) is 11.8. The van der Waals surface area contributed by atoms with E-state index in [1.165, 1.54) is 17.3 Å². The molecule has 0 radical (unpaired) electrons. The molecule has 0 unspecified atom stereocenters. The molecule has 1 heterocycles. The number of rotatable bonds is 8. The van der Waals surface area contributed by atoms with Gasteiger partial charge in [-0.15, -0.1) is 10.2 Å². The molecule has 1 aromatic heterocycles. The molecule has 158 valence electrons. The number of halogens is 1. The molecule has 0 spiro atoms. The van der Waals surface area contributed by atoms with Gasteiger partial charge in [-0.25, -0.2) is 0 Å². The quantitative estimate of drug-likeness (QED) is 0.318. The van der Waals surface area contributed by atoms with Gasteiger partial charge in [-0.05, 0) is 84.3 Å². The van der Waals surface area contributed by atoms with Gasteiger partial charge < -0.3 is 14.6 Å². The number of thioether (sulfide) groups is 1. The van der Waals surface area contributed by atoms with E-state index in [0.717, 1.165) is 27.0 Å². The third-order valence-corrected chi connectivity index (χ3v) is 6.36. The summed E-state index contributed by atoms with van der Waals surface area (Å²) < 4.78 is 9.02. The molecule has 8 heteroatoms. The Hall–Kier alpha value is -2.07. The van der Waals surface area contributed by atoms with E-state index in [1.54, 1.807) is 0 Å². The lowest BCUT2D eigenvalue weighted by Gasteiger charge is -2.14. The van der Waals surface area contributed by atoms with Crippen LogP contribution < -0.4 is 10.1 Å². The molecule has 30 heavy (non-hydrogen) atoms. The van der Waals surface area contributed by atoms with Gasteiger partial charge in [0.1, 0.15) is 5.75 Å². The summed E-state index contributed by atoms with van der Waals surface area (Å²) in [5.74, 6) is 1.69. The van der Waals surface area contributed by atoms with Crippen LogP contribution in [-0.4, -0.2) is 26.4 Å². The van der Waals surface area contributed by atoms with Gasteiger partial charge in [0.15, 0.2) is 17.1 Å². The monoisotopic (exact) mass is 536 g/mol. The van der Waals surface area contributed by atoms with Crippen molar-refractivity contribution in [2.24, 2.45) is 7.05 Å². The largest absolute Gasteiger partial charge is 0.483 e. The van der Waals surface area contributed by atoms with Crippen LogP contribution in [0.15, 0.2) is 47.6 Å². The third kappa shape index (κ3) is 5.75. The third-order valence-electron chi connectivity index (χ3n) is 4.67. The molecule has 1 atom stereocenters. The van der Waals surface area contributed by atoms with E-state index in [0.29, 0.717) is 11.0 Å². The van der Waals surface area contributed by atoms with Crippen LogP contribution in [0.2, 0.25) is 0 Å². The maximum Gasteiger partial charge on any atom is 0.234 e. The number of ether oxygens (including phenoxy) is 1. The minimum atomic E-state index is -0.257. The molecule has 6 nitrogen and oxygen atoms in total. The van der Waals surface area contributed by atoms with Crippen molar-refractivity contribution >= 4 is 45.9 Å². The van der Waals surface area contributed by atoms with Gasteiger partial charge in [-0.1, -0.05) is 30.8 Å². The summed E-state index contributed by atoms with van der Waals surface area (Å²) in [7, 11) is 1.89. The van der Waals surface area contributed by atoms with E-state index in [4.69, 9.17) is 4.74 Å². The van der Waals surface area contributed by atoms with E-state index in [2.05, 4.69) is 57.2 Å². The first-order chi connectivity index (χ1) is 14.4. The molecule has 3 aromatic rings. The Morgan fingerprint density at radius 3 is 2.63 bits per heavy atom. The molecule has 0 aliphatic heterocycles. The molecule has 3 rings (SSSR count). The maximum atomic E-state index is 12.4. The van der Waals surface area contributed by atoms with Crippen molar-refractivity contribution in [1.82, 2.24) is 14.8 Å². The number of amides is 1. The van der Waals surface area contributed by atoms with Gasteiger partial charge >= 0.3 is 0 Å². The fraction of sp³-hybridized carbons (Fsp3) is 0.318. The first-order valence-electron chi connectivity index (χ1n) is 9.71. The van der Waals surface area contributed by atoms with E-state index >= 15 is 0 Å². The highest BCUT2D eigenvalue weighted by Gasteiger charge is 2.18. The van der Waals surface area contributed by atoms with Gasteiger partial charge in [0, 0.05) is 16.3 Å². The first kappa shape index (κ1) is 22.6. The van der Waals surface area contributed by atoms with Crippen molar-refractivity contribution in [1.29, 1.82) is 0 Å². The van der Waals surface area contributed by atoms with Crippen LogP contribution in [0.5, 0.6) is 5.75 Å². The van der Waals surface area contributed by atoms with Crippen molar-refractivity contribution in [2.45, 2.75) is 38.5 Å². The molecule has 0 saturated heterocycles. The number of nitrogens with one attached hydrogen (secondary N) is 1. The summed E-state index contributed by atoms with van der Waals surface area (Å²) in [5.41, 5.74) is 3.14. The summed E-state index contributed by atoms with van der Waals surface area (Å²) >= 11 is 3.61. The minimum absolute atomic E-state index is 0.0748. The van der Waals surface area contributed by atoms with Crippen molar-refractivity contribution in [2.75, 3.05) is 11.1 Å². The average Bonchev–Trinajstić information content (AvgIpc) is 3.09. The average molecular weight is 536 g/mol. The zero-order chi connectivity index (χ0) is 21.7. The van der Waals surface area contributed by atoms with E-state index in [-0.39, 0.29) is 17.8 Å². The van der Waals surface area contributed by atoms with Crippen LogP contribution in [0.1, 0.15) is 36.9 Å². The molecule has 0 aliphatic carbocycles. The predicted molar refractivity (Wildman–Crippen MR) is 129 cm³/mol. The van der Waals surface area contributed by atoms with Crippen LogP contribution in [0.3, 0.4) is 0 Å². The predicted octanol–water partition coefficient (Wildman–Crippen LogP) is 5.16. The van der Waals surface area contributed by atoms with Crippen molar-refractivity contribution in [3.05, 3.63) is 63.0 Å². The summed E-state index contributed by atoms with van der Waals surface area (Å²) in [5, 5.41) is 12.1. The lowest BCUT2D eigenvalue weighted by Crippen LogP contribution is -2.15. The Morgan fingerprint density at radius 2 is 1.97 bits per heavy atom. The second-order valence-electron chi connectivity index (χ2n) is 6.95. The van der Waals surface area contributed by atoms with E-state index in [1.807, 2.05) is 55.8 Å². The Morgan fingerprint density at radius 1 is 1.23 bits per heavy atom. The highest BCUT2D eigenvalue weighted by atomic mass is 127. The molecule has 0 fully saturated rings. The van der Waals surface area contributed by atoms with Crippen LogP contribution in [0.4, 0.5) is 5.69 Å². The molecule has 1 amide bonds. The van der Waals surface area contributed by atoms with E-state index < -0.39 is 0 Å². The van der Waals surface area contributed by atoms with Crippen LogP contribution in [0, 0.1) is 10.5 Å². The Kier molecular flexibility index (Phi) is 7.76. The Labute approximate surface area is 195 Å². The molecule has 0 aliphatic rings. The highest BCUT2D eigenvalue weighted by Crippen LogP contribution is 2.24. The summed E-state index contributed by atoms with van der Waals surface area (Å²) in [6.07, 6.45) is 0.740. The molecule has 0 bridgehead atoms. The number of nitrogens with zero attached hydrogens (tertiary/aromatic N) is 3. The van der Waals surface area contributed by atoms with Gasteiger partial charge in [-0.3, -0.25) is 4.79 Å². The molecule has 1 N–H and O–H groups in total. The normalized spacial score (nSPS) is 11.9. The SMILES string of the molecule is CCc1ccc(O[C@@H](C)c2nnc(SCC(=O)Nc3ccc(I)cc3C)n2C)cc1. The lowest BCUT2D eigenvalue weighted by atomic mass is 10.2. The smallest absolute Gasteiger partial charge is 0.234 e. The summed E-state index contributed by atoms with van der Waals surface area (Å²) in [6.45, 7) is 6.05. The topological polar surface area (TPSA) is 69.0 Å². The zero-order valence-electron chi connectivity index (χ0n) is 17.5. The standard InChI is InChI=1S/C22H25IN4O2S/c1-5-16-6-9-18(10-7-16)29-15(3)21-25-26-22(27(21)4)30-13-20(28)24-19-11-8-17(23)12-14(19)2/h6-12,15H,5,13H2,1-4H3,(H,24,28)/t15-/m0/s1. The van der Waals surface area contributed by atoms with Crippen LogP contribution >= 0.6 is 34.4 Å². The Bertz CT molecular complexity index is 1020. The summed E-state index contributed by atoms with van der Waals surface area (Å²) in [6, 6.07) is 14.0.